The van der Waals surface area contributed by atoms with Gasteiger partial charge in [-0.25, -0.2) is 0 Å². The van der Waals surface area contributed by atoms with Crippen LogP contribution in [-0.4, -0.2) is 104 Å². The molecule has 3 aliphatic heterocycles. The number of carboxylic acid groups (broad SMARTS) is 1. The summed E-state index contributed by atoms with van der Waals surface area (Å²) in [6.45, 7) is 25.0. The fourth-order valence-corrected chi connectivity index (χ4v) is 8.98. The van der Waals surface area contributed by atoms with Crippen molar-refractivity contribution in [2.75, 3.05) is 14.1 Å². The average Bonchev–Trinajstić information content (AvgIpc) is 2.90. The standard InChI is InChI=1S/C38H67N3O8/c1-15-38(12)23-24(18-33(2,3)39-38)47-29(42)16-27(31(44)45)28(32(46)49-26-21-36(8,9)41(14)37(10,11)22-26)17-30(43)48-25-19-34(4,5)40(13)35(6,7)20-25/h24-28,39H,15-23H2,1-14H3,(H,44,45). The number of piperidine rings is 3. The van der Waals surface area contributed by atoms with E-state index in [2.05, 4.69) is 105 Å². The van der Waals surface area contributed by atoms with Crippen molar-refractivity contribution in [2.24, 2.45) is 11.8 Å². The number of likely N-dealkylation sites (tertiary alicyclic amines) is 2. The minimum Gasteiger partial charge on any atom is -0.481 e. The van der Waals surface area contributed by atoms with Crippen LogP contribution in [0.15, 0.2) is 0 Å². The molecule has 0 bridgehead atoms. The Balaban J connectivity index is 1.85. The lowest BCUT2D eigenvalue weighted by atomic mass is 9.78. The fraction of sp³-hybridized carbons (Fsp3) is 0.895. The number of esters is 3. The quantitative estimate of drug-likeness (QED) is 0.203. The summed E-state index contributed by atoms with van der Waals surface area (Å²) in [5, 5.41) is 14.1. The van der Waals surface area contributed by atoms with E-state index in [1.807, 2.05) is 7.05 Å². The lowest BCUT2D eigenvalue weighted by Gasteiger charge is -2.53. The second-order valence-corrected chi connectivity index (χ2v) is 18.8. The summed E-state index contributed by atoms with van der Waals surface area (Å²) in [5.74, 6) is -6.51. The molecule has 0 amide bonds. The van der Waals surface area contributed by atoms with E-state index < -0.39 is 66.9 Å². The van der Waals surface area contributed by atoms with Crippen molar-refractivity contribution in [2.45, 2.75) is 192 Å². The molecule has 0 aliphatic carbocycles. The molecule has 3 rings (SSSR count). The summed E-state index contributed by atoms with van der Waals surface area (Å²) in [4.78, 5) is 58.5. The Labute approximate surface area is 295 Å². The van der Waals surface area contributed by atoms with Crippen molar-refractivity contribution in [3.8, 4) is 0 Å². The Morgan fingerprint density at radius 1 is 0.633 bits per heavy atom. The molecule has 0 radical (unpaired) electrons. The summed E-state index contributed by atoms with van der Waals surface area (Å²) in [6.07, 6.45) is 1.84. The van der Waals surface area contributed by atoms with Crippen LogP contribution in [0.3, 0.4) is 0 Å². The van der Waals surface area contributed by atoms with Crippen molar-refractivity contribution >= 4 is 23.9 Å². The maximum Gasteiger partial charge on any atom is 0.310 e. The molecule has 0 saturated carbocycles. The number of hydrogen-bond acceptors (Lipinski definition) is 10. The summed E-state index contributed by atoms with van der Waals surface area (Å²) in [5.41, 5.74) is -1.61. The molecular formula is C38H67N3O8. The topological polar surface area (TPSA) is 135 Å². The Kier molecular flexibility index (Phi) is 12.1. The van der Waals surface area contributed by atoms with E-state index in [-0.39, 0.29) is 33.2 Å². The Morgan fingerprint density at radius 2 is 1.00 bits per heavy atom. The van der Waals surface area contributed by atoms with Crippen LogP contribution in [0.25, 0.3) is 0 Å². The van der Waals surface area contributed by atoms with Gasteiger partial charge in [0.25, 0.3) is 0 Å². The van der Waals surface area contributed by atoms with Gasteiger partial charge in [0.1, 0.15) is 18.3 Å². The van der Waals surface area contributed by atoms with Gasteiger partial charge in [0.15, 0.2) is 0 Å². The third-order valence-corrected chi connectivity index (χ3v) is 12.1. The number of ether oxygens (including phenoxy) is 3. The first-order valence-electron chi connectivity index (χ1n) is 18.2. The average molecular weight is 694 g/mol. The van der Waals surface area contributed by atoms with E-state index >= 15 is 0 Å². The maximum absolute atomic E-state index is 14.0. The van der Waals surface area contributed by atoms with Gasteiger partial charge in [-0.05, 0) is 96.7 Å². The van der Waals surface area contributed by atoms with Crippen LogP contribution in [0.5, 0.6) is 0 Å². The molecule has 3 aliphatic rings. The highest BCUT2D eigenvalue weighted by molar-refractivity contribution is 5.88. The van der Waals surface area contributed by atoms with Gasteiger partial charge in [0.05, 0.1) is 24.7 Å². The smallest absolute Gasteiger partial charge is 0.310 e. The lowest BCUT2D eigenvalue weighted by Crippen LogP contribution is -2.61. The highest BCUT2D eigenvalue weighted by Crippen LogP contribution is 2.41. The molecule has 0 spiro atoms. The first-order chi connectivity index (χ1) is 22.1. The largest absolute Gasteiger partial charge is 0.481 e. The van der Waals surface area contributed by atoms with Gasteiger partial charge in [-0.1, -0.05) is 6.92 Å². The zero-order chi connectivity index (χ0) is 37.5. The first-order valence-corrected chi connectivity index (χ1v) is 18.2. The van der Waals surface area contributed by atoms with E-state index in [0.29, 0.717) is 38.5 Å². The van der Waals surface area contributed by atoms with E-state index in [1.165, 1.54) is 0 Å². The summed E-state index contributed by atoms with van der Waals surface area (Å²) >= 11 is 0. The van der Waals surface area contributed by atoms with Crippen LogP contribution in [0.4, 0.5) is 0 Å². The van der Waals surface area contributed by atoms with E-state index in [0.717, 1.165) is 6.42 Å². The van der Waals surface area contributed by atoms with Crippen LogP contribution in [0.2, 0.25) is 0 Å². The molecule has 4 unspecified atom stereocenters. The van der Waals surface area contributed by atoms with E-state index in [9.17, 15) is 24.3 Å². The number of carbonyl (C=O) groups excluding carboxylic acids is 3. The molecule has 11 nitrogen and oxygen atoms in total. The summed E-state index contributed by atoms with van der Waals surface area (Å²) in [6, 6.07) is 0. The highest BCUT2D eigenvalue weighted by atomic mass is 16.6. The second kappa shape index (κ2) is 14.4. The number of hydrogen-bond donors (Lipinski definition) is 2. The first kappa shape index (κ1) is 41.2. The highest BCUT2D eigenvalue weighted by Gasteiger charge is 2.48. The van der Waals surface area contributed by atoms with Gasteiger partial charge in [0, 0.05) is 71.8 Å². The van der Waals surface area contributed by atoms with Gasteiger partial charge in [-0.3, -0.25) is 29.0 Å². The fourth-order valence-electron chi connectivity index (χ4n) is 8.98. The Hall–Kier alpha value is -2.24. The van der Waals surface area contributed by atoms with Gasteiger partial charge >= 0.3 is 23.9 Å². The monoisotopic (exact) mass is 693 g/mol. The molecule has 0 aromatic heterocycles. The van der Waals surface area contributed by atoms with Gasteiger partial charge in [0.2, 0.25) is 0 Å². The number of aliphatic carboxylic acids is 1. The van der Waals surface area contributed by atoms with Gasteiger partial charge in [-0.15, -0.1) is 0 Å². The number of carboxylic acids is 1. The van der Waals surface area contributed by atoms with Gasteiger partial charge < -0.3 is 24.6 Å². The normalized spacial score (nSPS) is 29.7. The molecule has 3 saturated heterocycles. The number of nitrogens with zero attached hydrogens (tertiary/aromatic N) is 2. The number of rotatable bonds is 11. The zero-order valence-corrected chi connectivity index (χ0v) is 33.0. The molecule has 4 atom stereocenters. The predicted octanol–water partition coefficient (Wildman–Crippen LogP) is 5.72. The third-order valence-electron chi connectivity index (χ3n) is 12.1. The lowest BCUT2D eigenvalue weighted by molar-refractivity contribution is -0.177. The molecule has 11 heteroatoms. The zero-order valence-electron chi connectivity index (χ0n) is 33.0. The van der Waals surface area contributed by atoms with Crippen molar-refractivity contribution < 1.29 is 38.5 Å². The molecule has 0 aromatic carbocycles. The summed E-state index contributed by atoms with van der Waals surface area (Å²) < 4.78 is 18.0. The van der Waals surface area contributed by atoms with Crippen LogP contribution >= 0.6 is 0 Å². The third kappa shape index (κ3) is 10.2. The van der Waals surface area contributed by atoms with Gasteiger partial charge in [-0.2, -0.15) is 0 Å². The molecule has 2 N–H and O–H groups in total. The molecular weight excluding hydrogens is 626 g/mol. The number of nitrogens with one attached hydrogen (secondary N) is 1. The summed E-state index contributed by atoms with van der Waals surface area (Å²) in [7, 11) is 4.10. The minimum atomic E-state index is -1.53. The van der Waals surface area contributed by atoms with Crippen LogP contribution < -0.4 is 5.32 Å². The van der Waals surface area contributed by atoms with Crippen LogP contribution in [-0.2, 0) is 33.4 Å². The van der Waals surface area contributed by atoms with Crippen LogP contribution in [0.1, 0.15) is 141 Å². The molecule has 282 valence electrons. The van der Waals surface area contributed by atoms with Crippen molar-refractivity contribution in [1.29, 1.82) is 0 Å². The Bertz CT molecular complexity index is 1210. The molecule has 49 heavy (non-hydrogen) atoms. The maximum atomic E-state index is 14.0. The minimum absolute atomic E-state index is 0.247. The molecule has 0 aromatic rings. The van der Waals surface area contributed by atoms with E-state index in [4.69, 9.17) is 14.2 Å². The SMILES string of the molecule is CCC1(C)CC(OC(=O)CC(C(=O)O)C(CC(=O)OC2CC(C)(C)N(C)C(C)(C)C2)C(=O)OC2CC(C)(C)N(C)C(C)(C)C2)CC(C)(C)N1. The number of carbonyl (C=O) groups is 4. The second-order valence-electron chi connectivity index (χ2n) is 18.8. The molecule has 3 fully saturated rings. The Morgan fingerprint density at radius 3 is 1.39 bits per heavy atom. The molecule has 3 heterocycles. The van der Waals surface area contributed by atoms with Crippen LogP contribution in [0, 0.1) is 11.8 Å². The van der Waals surface area contributed by atoms with E-state index in [1.54, 1.807) is 0 Å². The predicted molar refractivity (Wildman–Crippen MR) is 189 cm³/mol. The van der Waals surface area contributed by atoms with Crippen molar-refractivity contribution in [3.05, 3.63) is 0 Å². The van der Waals surface area contributed by atoms with Crippen molar-refractivity contribution in [1.82, 2.24) is 15.1 Å². The van der Waals surface area contributed by atoms with Crippen molar-refractivity contribution in [3.63, 3.8) is 0 Å².